The molecule has 0 radical (unpaired) electrons. The number of piperazine rings is 1. The Morgan fingerprint density at radius 1 is 1.19 bits per heavy atom. The van der Waals surface area contributed by atoms with Gasteiger partial charge in [-0.15, -0.1) is 0 Å². The SMILES string of the molecule is CCOC(=O)N1CCN(c2ccnc(NCc3ccc(F)cc3)n2)CC1. The molecule has 1 amide bonds. The molecule has 0 unspecified atom stereocenters. The van der Waals surface area contributed by atoms with Crippen LogP contribution in [0.1, 0.15) is 12.5 Å². The first-order valence-corrected chi connectivity index (χ1v) is 8.63. The monoisotopic (exact) mass is 359 g/mol. The van der Waals surface area contributed by atoms with Crippen LogP contribution < -0.4 is 10.2 Å². The Hall–Kier alpha value is -2.90. The lowest BCUT2D eigenvalue weighted by Crippen LogP contribution is -2.49. The van der Waals surface area contributed by atoms with E-state index in [1.54, 1.807) is 30.2 Å². The van der Waals surface area contributed by atoms with Crippen LogP contribution in [0.2, 0.25) is 0 Å². The average Bonchev–Trinajstić information content (AvgIpc) is 2.68. The first-order valence-electron chi connectivity index (χ1n) is 8.63. The van der Waals surface area contributed by atoms with Crippen LogP contribution in [0.5, 0.6) is 0 Å². The summed E-state index contributed by atoms with van der Waals surface area (Å²) in [5.41, 5.74) is 0.948. The van der Waals surface area contributed by atoms with Crippen molar-refractivity contribution in [2.45, 2.75) is 13.5 Å². The second-order valence-corrected chi connectivity index (χ2v) is 5.89. The Labute approximate surface area is 151 Å². The van der Waals surface area contributed by atoms with E-state index in [0.717, 1.165) is 11.4 Å². The van der Waals surface area contributed by atoms with Crippen molar-refractivity contribution in [1.82, 2.24) is 14.9 Å². The van der Waals surface area contributed by atoms with E-state index in [1.807, 2.05) is 6.07 Å². The molecule has 26 heavy (non-hydrogen) atoms. The van der Waals surface area contributed by atoms with Gasteiger partial charge in [0.2, 0.25) is 5.95 Å². The number of carbonyl (C=O) groups is 1. The molecule has 1 saturated heterocycles. The summed E-state index contributed by atoms with van der Waals surface area (Å²) in [5, 5.41) is 3.15. The second kappa shape index (κ2) is 8.46. The van der Waals surface area contributed by atoms with E-state index in [4.69, 9.17) is 4.74 Å². The number of aromatic nitrogens is 2. The lowest BCUT2D eigenvalue weighted by molar-refractivity contribution is 0.105. The van der Waals surface area contributed by atoms with Crippen LogP contribution in [0.15, 0.2) is 36.5 Å². The smallest absolute Gasteiger partial charge is 0.409 e. The van der Waals surface area contributed by atoms with Gasteiger partial charge >= 0.3 is 6.09 Å². The Kier molecular flexibility index (Phi) is 5.83. The molecule has 1 aliphatic heterocycles. The number of hydrogen-bond acceptors (Lipinski definition) is 6. The summed E-state index contributed by atoms with van der Waals surface area (Å²) in [4.78, 5) is 24.3. The molecule has 1 aromatic heterocycles. The first kappa shape index (κ1) is 17.9. The number of ether oxygens (including phenoxy) is 1. The lowest BCUT2D eigenvalue weighted by atomic mass is 10.2. The third-order valence-corrected chi connectivity index (χ3v) is 4.13. The van der Waals surface area contributed by atoms with E-state index in [-0.39, 0.29) is 11.9 Å². The number of benzene rings is 1. The van der Waals surface area contributed by atoms with E-state index >= 15 is 0 Å². The maximum atomic E-state index is 12.9. The number of hydrogen-bond donors (Lipinski definition) is 1. The highest BCUT2D eigenvalue weighted by molar-refractivity contribution is 5.68. The molecule has 1 aliphatic rings. The van der Waals surface area contributed by atoms with Crippen molar-refractivity contribution < 1.29 is 13.9 Å². The molecule has 1 aromatic carbocycles. The third-order valence-electron chi connectivity index (χ3n) is 4.13. The van der Waals surface area contributed by atoms with Gasteiger partial charge in [-0.05, 0) is 30.7 Å². The highest BCUT2D eigenvalue weighted by Gasteiger charge is 2.22. The van der Waals surface area contributed by atoms with Crippen LogP contribution >= 0.6 is 0 Å². The molecule has 138 valence electrons. The van der Waals surface area contributed by atoms with Gasteiger partial charge in [0.1, 0.15) is 11.6 Å². The fourth-order valence-corrected chi connectivity index (χ4v) is 2.73. The predicted octanol–water partition coefficient (Wildman–Crippen LogP) is 2.51. The zero-order valence-corrected chi connectivity index (χ0v) is 14.7. The van der Waals surface area contributed by atoms with Crippen LogP contribution in [0, 0.1) is 5.82 Å². The molecule has 0 saturated carbocycles. The topological polar surface area (TPSA) is 70.6 Å². The van der Waals surface area contributed by atoms with Gasteiger partial charge in [0.25, 0.3) is 0 Å². The Morgan fingerprint density at radius 2 is 1.92 bits per heavy atom. The van der Waals surface area contributed by atoms with Crippen molar-refractivity contribution in [3.63, 3.8) is 0 Å². The standard InChI is InChI=1S/C18H22FN5O2/c1-2-26-18(25)24-11-9-23(10-12-24)16-7-8-20-17(22-16)21-13-14-3-5-15(19)6-4-14/h3-8H,2,9-13H2,1H3,(H,20,21,22). The van der Waals surface area contributed by atoms with E-state index in [2.05, 4.69) is 20.2 Å². The zero-order valence-electron chi connectivity index (χ0n) is 14.7. The molecule has 0 bridgehead atoms. The summed E-state index contributed by atoms with van der Waals surface area (Å²) in [6.45, 7) is 5.27. The maximum absolute atomic E-state index is 12.9. The quantitative estimate of drug-likeness (QED) is 0.885. The number of amides is 1. The number of halogens is 1. The Bertz CT molecular complexity index is 733. The summed E-state index contributed by atoms with van der Waals surface area (Å²) in [5.74, 6) is 1.07. The normalized spacial score (nSPS) is 14.2. The van der Waals surface area contributed by atoms with E-state index in [1.165, 1.54) is 12.1 Å². The summed E-state index contributed by atoms with van der Waals surface area (Å²) in [6.07, 6.45) is 1.43. The molecule has 0 atom stereocenters. The van der Waals surface area contributed by atoms with Crippen molar-refractivity contribution in [1.29, 1.82) is 0 Å². The molecule has 2 aromatic rings. The minimum atomic E-state index is -0.267. The summed E-state index contributed by atoms with van der Waals surface area (Å²) >= 11 is 0. The Balaban J connectivity index is 1.56. The second-order valence-electron chi connectivity index (χ2n) is 5.89. The number of anilines is 2. The summed E-state index contributed by atoms with van der Waals surface area (Å²) in [7, 11) is 0. The van der Waals surface area contributed by atoms with E-state index in [9.17, 15) is 9.18 Å². The van der Waals surface area contributed by atoms with Gasteiger partial charge in [-0.3, -0.25) is 0 Å². The van der Waals surface area contributed by atoms with Crippen LogP contribution in [0.25, 0.3) is 0 Å². The first-order chi connectivity index (χ1) is 12.7. The average molecular weight is 359 g/mol. The van der Waals surface area contributed by atoms with Gasteiger partial charge < -0.3 is 19.9 Å². The van der Waals surface area contributed by atoms with Gasteiger partial charge in [-0.2, -0.15) is 4.98 Å². The summed E-state index contributed by atoms with van der Waals surface area (Å²) < 4.78 is 18.0. The van der Waals surface area contributed by atoms with Crippen molar-refractivity contribution in [2.75, 3.05) is 43.0 Å². The number of rotatable bonds is 5. The fraction of sp³-hybridized carbons (Fsp3) is 0.389. The predicted molar refractivity (Wildman–Crippen MR) is 96.6 cm³/mol. The molecule has 0 aliphatic carbocycles. The minimum absolute atomic E-state index is 0.256. The maximum Gasteiger partial charge on any atom is 0.409 e. The van der Waals surface area contributed by atoms with Crippen molar-refractivity contribution in [3.05, 3.63) is 47.9 Å². The van der Waals surface area contributed by atoms with Crippen LogP contribution in [-0.4, -0.2) is 53.7 Å². The van der Waals surface area contributed by atoms with Gasteiger partial charge in [-0.25, -0.2) is 14.2 Å². The molecule has 7 nitrogen and oxygen atoms in total. The largest absolute Gasteiger partial charge is 0.450 e. The third kappa shape index (κ3) is 4.59. The minimum Gasteiger partial charge on any atom is -0.450 e. The number of nitrogens with zero attached hydrogens (tertiary/aromatic N) is 4. The molecule has 0 spiro atoms. The highest BCUT2D eigenvalue weighted by atomic mass is 19.1. The molecular weight excluding hydrogens is 337 g/mol. The zero-order chi connectivity index (χ0) is 18.4. The number of carbonyl (C=O) groups excluding carboxylic acids is 1. The summed E-state index contributed by atoms with van der Waals surface area (Å²) in [6, 6.07) is 8.15. The Morgan fingerprint density at radius 3 is 2.62 bits per heavy atom. The molecular formula is C18H22FN5O2. The highest BCUT2D eigenvalue weighted by Crippen LogP contribution is 2.16. The van der Waals surface area contributed by atoms with Crippen molar-refractivity contribution in [3.8, 4) is 0 Å². The molecule has 1 N–H and O–H groups in total. The van der Waals surface area contributed by atoms with Crippen LogP contribution in [-0.2, 0) is 11.3 Å². The fourth-order valence-electron chi connectivity index (χ4n) is 2.73. The van der Waals surface area contributed by atoms with Crippen LogP contribution in [0.4, 0.5) is 21.0 Å². The molecule has 1 fully saturated rings. The van der Waals surface area contributed by atoms with Crippen molar-refractivity contribution in [2.24, 2.45) is 0 Å². The van der Waals surface area contributed by atoms with E-state index in [0.29, 0.717) is 45.3 Å². The van der Waals surface area contributed by atoms with Crippen molar-refractivity contribution >= 4 is 17.9 Å². The lowest BCUT2D eigenvalue weighted by Gasteiger charge is -2.34. The van der Waals surface area contributed by atoms with Gasteiger partial charge in [-0.1, -0.05) is 12.1 Å². The van der Waals surface area contributed by atoms with E-state index < -0.39 is 0 Å². The number of nitrogens with one attached hydrogen (secondary N) is 1. The van der Waals surface area contributed by atoms with Gasteiger partial charge in [0.15, 0.2) is 0 Å². The van der Waals surface area contributed by atoms with Gasteiger partial charge in [0, 0.05) is 38.9 Å². The van der Waals surface area contributed by atoms with Gasteiger partial charge in [0.05, 0.1) is 6.61 Å². The molecule has 2 heterocycles. The van der Waals surface area contributed by atoms with Crippen LogP contribution in [0.3, 0.4) is 0 Å². The molecule has 3 rings (SSSR count). The molecule has 8 heteroatoms.